The smallest absolute Gasteiger partial charge is 0.257 e. The van der Waals surface area contributed by atoms with Crippen molar-refractivity contribution >= 4 is 16.8 Å². The van der Waals surface area contributed by atoms with Crippen molar-refractivity contribution in [1.29, 1.82) is 0 Å². The van der Waals surface area contributed by atoms with Crippen LogP contribution in [0.4, 0.5) is 4.39 Å². The summed E-state index contributed by atoms with van der Waals surface area (Å²) in [6, 6.07) is 2.48. The molecule has 0 spiro atoms. The maximum absolute atomic E-state index is 14.2. The molecule has 1 aromatic heterocycles. The number of nitrogens with one attached hydrogen (secondary N) is 1. The van der Waals surface area contributed by atoms with Gasteiger partial charge in [-0.2, -0.15) is 0 Å². The molecule has 3 rings (SSSR count). The number of fused-ring (bicyclic) bond motifs is 1. The largest absolute Gasteiger partial charge is 0.391 e. The molecule has 1 saturated carbocycles. The highest BCUT2D eigenvalue weighted by Crippen LogP contribution is 2.20. The fourth-order valence-electron chi connectivity index (χ4n) is 3.48. The lowest BCUT2D eigenvalue weighted by molar-refractivity contribution is 0.0716. The molecule has 26 heavy (non-hydrogen) atoms. The van der Waals surface area contributed by atoms with Crippen LogP contribution in [-0.2, 0) is 7.05 Å². The van der Waals surface area contributed by atoms with Gasteiger partial charge in [-0.15, -0.1) is 0 Å². The van der Waals surface area contributed by atoms with Crippen molar-refractivity contribution in [3.63, 3.8) is 0 Å². The number of benzene rings is 1. The highest BCUT2D eigenvalue weighted by Gasteiger charge is 2.26. The summed E-state index contributed by atoms with van der Waals surface area (Å²) in [5.74, 6) is -1.20. The van der Waals surface area contributed by atoms with Gasteiger partial charge in [-0.05, 0) is 31.4 Å². The minimum Gasteiger partial charge on any atom is -0.391 e. The lowest BCUT2D eigenvalue weighted by Gasteiger charge is -2.28. The second-order valence-electron chi connectivity index (χ2n) is 6.50. The molecule has 1 heterocycles. The Labute approximate surface area is 152 Å². The number of hydrogen-bond acceptors (Lipinski definition) is 3. The van der Waals surface area contributed by atoms with Crippen LogP contribution in [0.2, 0.25) is 0 Å². The predicted octanol–water partition coefficient (Wildman–Crippen LogP) is 3.05. The van der Waals surface area contributed by atoms with E-state index in [0.29, 0.717) is 18.4 Å². The molecule has 0 saturated heterocycles. The highest BCUT2D eigenvalue weighted by molar-refractivity contribution is 5.98. The molecule has 1 unspecified atom stereocenters. The van der Waals surface area contributed by atoms with Crippen LogP contribution in [0.25, 0.3) is 10.9 Å². The van der Waals surface area contributed by atoms with Crippen molar-refractivity contribution in [1.82, 2.24) is 9.88 Å². The van der Waals surface area contributed by atoms with Crippen molar-refractivity contribution in [3.05, 3.63) is 45.5 Å². The summed E-state index contributed by atoms with van der Waals surface area (Å²) in [6.45, 7) is 5.79. The van der Waals surface area contributed by atoms with Crippen LogP contribution in [0.1, 0.15) is 55.5 Å². The Kier molecular flexibility index (Phi) is 6.53. The molecule has 5 nitrogen and oxygen atoms in total. The van der Waals surface area contributed by atoms with E-state index >= 15 is 0 Å². The third-order valence-electron chi connectivity index (χ3n) is 4.77. The van der Waals surface area contributed by atoms with Gasteiger partial charge in [-0.1, -0.05) is 32.8 Å². The van der Waals surface area contributed by atoms with Gasteiger partial charge in [-0.3, -0.25) is 9.59 Å². The summed E-state index contributed by atoms with van der Waals surface area (Å²) < 4.78 is 15.8. The van der Waals surface area contributed by atoms with E-state index in [4.69, 9.17) is 0 Å². The fraction of sp³-hybridized carbons (Fsp3) is 0.500. The first-order chi connectivity index (χ1) is 12.4. The molecule has 1 amide bonds. The molecule has 142 valence electrons. The van der Waals surface area contributed by atoms with Crippen molar-refractivity contribution in [3.8, 4) is 0 Å². The number of carbonyl (C=O) groups excluding carboxylic acids is 1. The first-order valence-corrected chi connectivity index (χ1v) is 9.17. The van der Waals surface area contributed by atoms with Gasteiger partial charge in [0.05, 0.1) is 23.0 Å². The average Bonchev–Trinajstić information content (AvgIpc) is 2.63. The van der Waals surface area contributed by atoms with Gasteiger partial charge in [0.25, 0.3) is 5.91 Å². The van der Waals surface area contributed by atoms with E-state index in [2.05, 4.69) is 5.32 Å². The first kappa shape index (κ1) is 20.1. The van der Waals surface area contributed by atoms with Crippen molar-refractivity contribution < 1.29 is 14.3 Å². The topological polar surface area (TPSA) is 71.3 Å². The van der Waals surface area contributed by atoms with Gasteiger partial charge in [-0.25, -0.2) is 4.39 Å². The number of rotatable bonds is 2. The van der Waals surface area contributed by atoms with E-state index in [-0.39, 0.29) is 17.0 Å². The summed E-state index contributed by atoms with van der Waals surface area (Å²) in [7, 11) is 1.68. The molecule has 1 fully saturated rings. The van der Waals surface area contributed by atoms with Crippen LogP contribution in [-0.4, -0.2) is 27.7 Å². The molecule has 2 atom stereocenters. The lowest BCUT2D eigenvalue weighted by Crippen LogP contribution is -2.46. The van der Waals surface area contributed by atoms with E-state index < -0.39 is 23.3 Å². The third kappa shape index (κ3) is 3.80. The molecular formula is C20H27FN2O3. The number of hydrogen-bond donors (Lipinski definition) is 2. The molecule has 1 aliphatic carbocycles. The zero-order valence-corrected chi connectivity index (χ0v) is 15.8. The standard InChI is InChI=1S/C18H21FN2O3.C2H6/c1-10-7-8-12(19)15-16(10)21(2)9-11(17(15)23)18(24)20-13-5-3-4-6-14(13)22;1-2/h7-9,13-14,22H,3-6H2,1-2H3,(H,20,24);1-2H3/t13?,14-;/m0./s1. The quantitative estimate of drug-likeness (QED) is 0.863. The Morgan fingerprint density at radius 2 is 1.92 bits per heavy atom. The van der Waals surface area contributed by atoms with Crippen LogP contribution in [0, 0.1) is 12.7 Å². The molecule has 2 N–H and O–H groups in total. The number of nitrogens with zero attached hydrogens (tertiary/aromatic N) is 1. The van der Waals surface area contributed by atoms with Gasteiger partial charge in [0.2, 0.25) is 5.43 Å². The van der Waals surface area contributed by atoms with E-state index in [9.17, 15) is 19.1 Å². The Balaban J connectivity index is 0.00000117. The zero-order chi connectivity index (χ0) is 19.4. The van der Waals surface area contributed by atoms with E-state index in [1.165, 1.54) is 12.3 Å². The molecular weight excluding hydrogens is 335 g/mol. The molecule has 1 aliphatic rings. The van der Waals surface area contributed by atoms with Gasteiger partial charge in [0.15, 0.2) is 0 Å². The first-order valence-electron chi connectivity index (χ1n) is 9.17. The fourth-order valence-corrected chi connectivity index (χ4v) is 3.48. The third-order valence-corrected chi connectivity index (χ3v) is 4.77. The number of aliphatic hydroxyl groups is 1. The van der Waals surface area contributed by atoms with Gasteiger partial charge in [0.1, 0.15) is 11.4 Å². The molecule has 6 heteroatoms. The summed E-state index contributed by atoms with van der Waals surface area (Å²) in [5.41, 5.74) is 0.522. The number of amides is 1. The minimum atomic E-state index is -0.636. The number of aryl methyl sites for hydroxylation is 2. The van der Waals surface area contributed by atoms with Crippen LogP contribution in [0.3, 0.4) is 0 Å². The second-order valence-corrected chi connectivity index (χ2v) is 6.50. The number of pyridine rings is 1. The maximum Gasteiger partial charge on any atom is 0.257 e. The Bertz CT molecular complexity index is 860. The molecule has 0 bridgehead atoms. The lowest BCUT2D eigenvalue weighted by atomic mass is 9.92. The number of aromatic nitrogens is 1. The molecule has 1 aromatic carbocycles. The van der Waals surface area contributed by atoms with Gasteiger partial charge >= 0.3 is 0 Å². The van der Waals surface area contributed by atoms with Crippen molar-refractivity contribution in [2.45, 2.75) is 58.6 Å². The van der Waals surface area contributed by atoms with Gasteiger partial charge < -0.3 is 15.0 Å². The number of aliphatic hydroxyl groups excluding tert-OH is 1. The van der Waals surface area contributed by atoms with Crippen molar-refractivity contribution in [2.24, 2.45) is 7.05 Å². The van der Waals surface area contributed by atoms with E-state index in [0.717, 1.165) is 18.4 Å². The van der Waals surface area contributed by atoms with Crippen LogP contribution < -0.4 is 10.7 Å². The number of carbonyl (C=O) groups is 1. The van der Waals surface area contributed by atoms with E-state index in [1.807, 2.05) is 13.8 Å². The number of halogens is 1. The average molecular weight is 362 g/mol. The van der Waals surface area contributed by atoms with Crippen molar-refractivity contribution in [2.75, 3.05) is 0 Å². The SMILES string of the molecule is CC.Cc1ccc(F)c2c(=O)c(C(=O)NC3CCCC[C@@H]3O)cn(C)c12. The normalized spacial score (nSPS) is 19.6. The summed E-state index contributed by atoms with van der Waals surface area (Å²) in [6.07, 6.45) is 3.98. The molecule has 0 radical (unpaired) electrons. The Morgan fingerprint density at radius 1 is 1.27 bits per heavy atom. The van der Waals surface area contributed by atoms with Crippen LogP contribution in [0.5, 0.6) is 0 Å². The molecule has 2 aromatic rings. The van der Waals surface area contributed by atoms with Crippen LogP contribution in [0.15, 0.2) is 23.1 Å². The summed E-state index contributed by atoms with van der Waals surface area (Å²) in [5, 5.41) is 12.6. The monoisotopic (exact) mass is 362 g/mol. The molecule has 0 aliphatic heterocycles. The minimum absolute atomic E-state index is 0.0747. The maximum atomic E-state index is 14.2. The Hall–Kier alpha value is -2.21. The highest BCUT2D eigenvalue weighted by atomic mass is 19.1. The zero-order valence-electron chi connectivity index (χ0n) is 15.8. The Morgan fingerprint density at radius 3 is 2.58 bits per heavy atom. The van der Waals surface area contributed by atoms with E-state index in [1.54, 1.807) is 24.6 Å². The second kappa shape index (κ2) is 8.45. The van der Waals surface area contributed by atoms with Gasteiger partial charge in [0, 0.05) is 13.2 Å². The van der Waals surface area contributed by atoms with Crippen LogP contribution >= 0.6 is 0 Å². The predicted molar refractivity (Wildman–Crippen MR) is 101 cm³/mol. The summed E-state index contributed by atoms with van der Waals surface area (Å²) >= 11 is 0. The summed E-state index contributed by atoms with van der Waals surface area (Å²) in [4.78, 5) is 25.2.